The summed E-state index contributed by atoms with van der Waals surface area (Å²) < 4.78 is 5.58. The van der Waals surface area contributed by atoms with Crippen LogP contribution in [0.5, 0.6) is 0 Å². The summed E-state index contributed by atoms with van der Waals surface area (Å²) in [5.74, 6) is 0.438. The zero-order valence-corrected chi connectivity index (χ0v) is 17.5. The van der Waals surface area contributed by atoms with Gasteiger partial charge in [-0.25, -0.2) is 4.79 Å². The number of halogens is 2. The van der Waals surface area contributed by atoms with Crippen molar-refractivity contribution < 1.29 is 9.53 Å². The van der Waals surface area contributed by atoms with Gasteiger partial charge in [0.1, 0.15) is 5.60 Å². The zero-order valence-electron chi connectivity index (χ0n) is 16.0. The van der Waals surface area contributed by atoms with Crippen LogP contribution in [0, 0.1) is 5.92 Å². The standard InChI is InChI=1S/C21H29Cl2NO2/c1-20(2,3)26-19(25)24-12-9-16(14-24)21(10-5-4-6-11-21)15-7-8-17(22)18(23)13-15/h7-8,13,16H,4-6,9-12,14H2,1-3H3/t16-/m1/s1. The van der Waals surface area contributed by atoms with Crippen molar-refractivity contribution in [2.75, 3.05) is 13.1 Å². The van der Waals surface area contributed by atoms with Gasteiger partial charge < -0.3 is 9.64 Å². The Balaban J connectivity index is 1.83. The molecule has 1 aliphatic heterocycles. The molecule has 1 saturated carbocycles. The summed E-state index contributed by atoms with van der Waals surface area (Å²) in [5, 5.41) is 1.22. The minimum Gasteiger partial charge on any atom is -0.444 e. The van der Waals surface area contributed by atoms with Gasteiger partial charge in [0.15, 0.2) is 0 Å². The smallest absolute Gasteiger partial charge is 0.410 e. The van der Waals surface area contributed by atoms with Gasteiger partial charge in [-0.1, -0.05) is 48.5 Å². The van der Waals surface area contributed by atoms with Crippen LogP contribution < -0.4 is 0 Å². The van der Waals surface area contributed by atoms with Crippen molar-refractivity contribution in [1.82, 2.24) is 4.90 Å². The SMILES string of the molecule is CC(C)(C)OC(=O)N1CC[C@@H](C2(c3ccc(Cl)c(Cl)c3)CCCCC2)C1. The van der Waals surface area contributed by atoms with Crippen LogP contribution in [0.25, 0.3) is 0 Å². The number of hydrogen-bond donors (Lipinski definition) is 0. The van der Waals surface area contributed by atoms with Gasteiger partial charge in [-0.2, -0.15) is 0 Å². The molecule has 0 bridgehead atoms. The molecule has 3 rings (SSSR count). The van der Waals surface area contributed by atoms with Crippen molar-refractivity contribution in [3.05, 3.63) is 33.8 Å². The number of benzene rings is 1. The lowest BCUT2D eigenvalue weighted by atomic mass is 9.62. The molecule has 0 aromatic heterocycles. The van der Waals surface area contributed by atoms with Gasteiger partial charge in [0, 0.05) is 13.1 Å². The maximum Gasteiger partial charge on any atom is 0.410 e. The van der Waals surface area contributed by atoms with E-state index in [1.54, 1.807) is 0 Å². The van der Waals surface area contributed by atoms with Crippen molar-refractivity contribution >= 4 is 29.3 Å². The second-order valence-electron chi connectivity index (χ2n) is 8.76. The third kappa shape index (κ3) is 4.14. The molecule has 1 saturated heterocycles. The molecule has 144 valence electrons. The highest BCUT2D eigenvalue weighted by Crippen LogP contribution is 2.49. The van der Waals surface area contributed by atoms with Gasteiger partial charge in [0.2, 0.25) is 0 Å². The van der Waals surface area contributed by atoms with E-state index in [-0.39, 0.29) is 11.5 Å². The summed E-state index contributed by atoms with van der Waals surface area (Å²) in [6, 6.07) is 6.09. The Morgan fingerprint density at radius 3 is 2.46 bits per heavy atom. The molecule has 26 heavy (non-hydrogen) atoms. The number of hydrogen-bond acceptors (Lipinski definition) is 2. The third-order valence-corrected chi connectivity index (χ3v) is 6.60. The highest BCUT2D eigenvalue weighted by molar-refractivity contribution is 6.42. The van der Waals surface area contributed by atoms with Gasteiger partial charge in [-0.05, 0) is 69.1 Å². The number of amides is 1. The number of likely N-dealkylation sites (tertiary alicyclic amines) is 1. The lowest BCUT2D eigenvalue weighted by Gasteiger charge is -2.43. The molecular weight excluding hydrogens is 369 g/mol. The first-order chi connectivity index (χ1) is 12.2. The van der Waals surface area contributed by atoms with Crippen LogP contribution in [0.1, 0.15) is 64.9 Å². The Hall–Kier alpha value is -0.930. The monoisotopic (exact) mass is 397 g/mol. The molecule has 1 amide bonds. The molecule has 0 radical (unpaired) electrons. The molecule has 1 aromatic carbocycles. The van der Waals surface area contributed by atoms with E-state index in [2.05, 4.69) is 6.07 Å². The van der Waals surface area contributed by atoms with Crippen LogP contribution >= 0.6 is 23.2 Å². The summed E-state index contributed by atoms with van der Waals surface area (Å²) >= 11 is 12.5. The van der Waals surface area contributed by atoms with E-state index in [0.29, 0.717) is 16.0 Å². The molecule has 1 aromatic rings. The summed E-state index contributed by atoms with van der Waals surface area (Å²) in [5.41, 5.74) is 0.910. The van der Waals surface area contributed by atoms with Crippen LogP contribution in [0.4, 0.5) is 4.79 Å². The fourth-order valence-electron chi connectivity index (χ4n) is 4.62. The van der Waals surface area contributed by atoms with Crippen molar-refractivity contribution in [2.24, 2.45) is 5.92 Å². The lowest BCUT2D eigenvalue weighted by Crippen LogP contribution is -2.41. The van der Waals surface area contributed by atoms with Crippen molar-refractivity contribution in [2.45, 2.75) is 70.3 Å². The van der Waals surface area contributed by atoms with Crippen molar-refractivity contribution in [3.63, 3.8) is 0 Å². The first kappa shape index (κ1) is 19.8. The quantitative estimate of drug-likeness (QED) is 0.573. The second-order valence-corrected chi connectivity index (χ2v) is 9.57. The Morgan fingerprint density at radius 2 is 1.85 bits per heavy atom. The molecule has 2 fully saturated rings. The fraction of sp³-hybridized carbons (Fsp3) is 0.667. The van der Waals surface area contributed by atoms with Gasteiger partial charge in [-0.15, -0.1) is 0 Å². The average Bonchev–Trinajstić information content (AvgIpc) is 3.07. The van der Waals surface area contributed by atoms with E-state index in [0.717, 1.165) is 32.4 Å². The minimum atomic E-state index is -0.457. The van der Waals surface area contributed by atoms with Gasteiger partial charge in [0.25, 0.3) is 0 Å². The van der Waals surface area contributed by atoms with Crippen LogP contribution in [-0.4, -0.2) is 29.7 Å². The van der Waals surface area contributed by atoms with E-state index in [1.165, 1.54) is 24.8 Å². The molecule has 1 aliphatic carbocycles. The lowest BCUT2D eigenvalue weighted by molar-refractivity contribution is 0.0277. The van der Waals surface area contributed by atoms with Crippen LogP contribution in [0.2, 0.25) is 10.0 Å². The molecular formula is C21H29Cl2NO2. The minimum absolute atomic E-state index is 0.0865. The number of nitrogens with zero attached hydrogens (tertiary/aromatic N) is 1. The Labute approximate surface area is 167 Å². The second kappa shape index (κ2) is 7.59. The van der Waals surface area contributed by atoms with Gasteiger partial charge in [-0.3, -0.25) is 0 Å². The number of ether oxygens (including phenoxy) is 1. The Bertz CT molecular complexity index is 662. The van der Waals surface area contributed by atoms with Crippen molar-refractivity contribution in [3.8, 4) is 0 Å². The van der Waals surface area contributed by atoms with Gasteiger partial charge in [0.05, 0.1) is 10.0 Å². The summed E-state index contributed by atoms with van der Waals surface area (Å²) in [6.45, 7) is 7.27. The Kier molecular flexibility index (Phi) is 5.79. The van der Waals surface area contributed by atoms with E-state index in [9.17, 15) is 4.79 Å². The molecule has 1 atom stereocenters. The van der Waals surface area contributed by atoms with Crippen LogP contribution in [-0.2, 0) is 10.2 Å². The number of carbonyl (C=O) groups is 1. The van der Waals surface area contributed by atoms with Crippen LogP contribution in [0.15, 0.2) is 18.2 Å². The third-order valence-electron chi connectivity index (χ3n) is 5.86. The average molecular weight is 398 g/mol. The number of carbonyl (C=O) groups excluding carboxylic acids is 1. The predicted molar refractivity (Wildman–Crippen MR) is 107 cm³/mol. The first-order valence-electron chi connectivity index (χ1n) is 9.65. The molecule has 5 heteroatoms. The summed E-state index contributed by atoms with van der Waals surface area (Å²) in [7, 11) is 0. The molecule has 2 aliphatic rings. The maximum absolute atomic E-state index is 12.5. The highest BCUT2D eigenvalue weighted by atomic mass is 35.5. The Morgan fingerprint density at radius 1 is 1.15 bits per heavy atom. The largest absolute Gasteiger partial charge is 0.444 e. The zero-order chi connectivity index (χ0) is 18.9. The topological polar surface area (TPSA) is 29.5 Å². The van der Waals surface area contributed by atoms with E-state index in [4.69, 9.17) is 27.9 Å². The number of rotatable bonds is 2. The van der Waals surface area contributed by atoms with Crippen molar-refractivity contribution in [1.29, 1.82) is 0 Å². The fourth-order valence-corrected chi connectivity index (χ4v) is 4.92. The highest BCUT2D eigenvalue weighted by Gasteiger charge is 2.45. The molecule has 1 heterocycles. The summed E-state index contributed by atoms with van der Waals surface area (Å²) in [6.07, 6.45) is 6.85. The van der Waals surface area contributed by atoms with E-state index >= 15 is 0 Å². The molecule has 0 unspecified atom stereocenters. The van der Waals surface area contributed by atoms with E-state index < -0.39 is 5.60 Å². The van der Waals surface area contributed by atoms with Crippen LogP contribution in [0.3, 0.4) is 0 Å². The molecule has 3 nitrogen and oxygen atoms in total. The molecule has 0 N–H and O–H groups in total. The predicted octanol–water partition coefficient (Wildman–Crippen LogP) is 6.45. The summed E-state index contributed by atoms with van der Waals surface area (Å²) in [4.78, 5) is 14.4. The maximum atomic E-state index is 12.5. The molecule has 0 spiro atoms. The first-order valence-corrected chi connectivity index (χ1v) is 10.4. The van der Waals surface area contributed by atoms with Gasteiger partial charge >= 0.3 is 6.09 Å². The normalized spacial score (nSPS) is 23.1. The van der Waals surface area contributed by atoms with E-state index in [1.807, 2.05) is 37.8 Å².